The van der Waals surface area contributed by atoms with Crippen molar-refractivity contribution in [1.82, 2.24) is 15.2 Å². The number of hydrogen-bond donors (Lipinski definition) is 2. The predicted molar refractivity (Wildman–Crippen MR) is 154 cm³/mol. The van der Waals surface area contributed by atoms with Crippen LogP contribution in [0.1, 0.15) is 54.8 Å². The highest BCUT2D eigenvalue weighted by Crippen LogP contribution is 2.46. The summed E-state index contributed by atoms with van der Waals surface area (Å²) in [6, 6.07) is 7.01. The lowest BCUT2D eigenvalue weighted by Gasteiger charge is -2.32. The summed E-state index contributed by atoms with van der Waals surface area (Å²) in [6.45, 7) is 10.6. The van der Waals surface area contributed by atoms with Gasteiger partial charge in [-0.1, -0.05) is 20.4 Å². The van der Waals surface area contributed by atoms with Gasteiger partial charge in [0.2, 0.25) is 5.91 Å². The highest BCUT2D eigenvalue weighted by molar-refractivity contribution is 7.21. The molecule has 4 heterocycles. The van der Waals surface area contributed by atoms with Gasteiger partial charge < -0.3 is 20.3 Å². The number of urea groups is 1. The molecular weight excluding hydrogens is 514 g/mol. The SMILES string of the molecule is C=CC(=O)N1CCCC(NC(=O)c2sc3nccc4c3c2NC(=O)N4c2ccc(OC3CC3)cc2C)C1.CC. The maximum absolute atomic E-state index is 13.4. The first-order chi connectivity index (χ1) is 18.9. The van der Waals surface area contributed by atoms with E-state index in [9.17, 15) is 14.4 Å². The van der Waals surface area contributed by atoms with Crippen molar-refractivity contribution in [3.63, 3.8) is 0 Å². The van der Waals surface area contributed by atoms with Crippen LogP contribution >= 0.6 is 11.3 Å². The lowest BCUT2D eigenvalue weighted by Crippen LogP contribution is -2.49. The molecule has 204 valence electrons. The number of aromatic nitrogens is 1. The van der Waals surface area contributed by atoms with Crippen LogP contribution in [-0.4, -0.2) is 53.0 Å². The molecule has 6 rings (SSSR count). The van der Waals surface area contributed by atoms with Gasteiger partial charge in [-0.2, -0.15) is 0 Å². The molecule has 2 fully saturated rings. The third kappa shape index (κ3) is 5.21. The van der Waals surface area contributed by atoms with Crippen molar-refractivity contribution < 1.29 is 19.1 Å². The zero-order valence-electron chi connectivity index (χ0n) is 22.5. The zero-order chi connectivity index (χ0) is 27.7. The van der Waals surface area contributed by atoms with Crippen LogP contribution in [0.2, 0.25) is 0 Å². The number of anilines is 3. The molecule has 1 saturated carbocycles. The predicted octanol–water partition coefficient (Wildman–Crippen LogP) is 5.76. The molecule has 0 bridgehead atoms. The summed E-state index contributed by atoms with van der Waals surface area (Å²) in [5, 5.41) is 6.74. The minimum atomic E-state index is -0.341. The highest BCUT2D eigenvalue weighted by atomic mass is 32.1. The number of pyridine rings is 1. The van der Waals surface area contributed by atoms with E-state index in [-0.39, 0.29) is 23.9 Å². The van der Waals surface area contributed by atoms with Crippen molar-refractivity contribution in [2.24, 2.45) is 0 Å². The van der Waals surface area contributed by atoms with Gasteiger partial charge in [-0.3, -0.25) is 14.5 Å². The molecular formula is C29H33N5O4S. The minimum absolute atomic E-state index is 0.139. The molecule has 1 saturated heterocycles. The second-order valence-corrected chi connectivity index (χ2v) is 10.6. The van der Waals surface area contributed by atoms with Gasteiger partial charge in [-0.15, -0.1) is 11.3 Å². The lowest BCUT2D eigenvalue weighted by atomic mass is 10.1. The molecule has 2 aromatic heterocycles. The number of amides is 4. The Morgan fingerprint density at radius 3 is 2.72 bits per heavy atom. The molecule has 39 heavy (non-hydrogen) atoms. The summed E-state index contributed by atoms with van der Waals surface area (Å²) >= 11 is 1.25. The second-order valence-electron chi connectivity index (χ2n) is 9.65. The van der Waals surface area contributed by atoms with E-state index in [1.807, 2.05) is 39.0 Å². The Labute approximate surface area is 231 Å². The Balaban J connectivity index is 0.00000151. The topological polar surface area (TPSA) is 104 Å². The van der Waals surface area contributed by atoms with E-state index in [0.29, 0.717) is 40.3 Å². The maximum Gasteiger partial charge on any atom is 0.331 e. The molecule has 1 unspecified atom stereocenters. The first-order valence-electron chi connectivity index (χ1n) is 13.4. The molecule has 1 aliphatic carbocycles. The Morgan fingerprint density at radius 2 is 2.00 bits per heavy atom. The Kier molecular flexibility index (Phi) is 7.56. The fourth-order valence-corrected chi connectivity index (χ4v) is 6.01. The van der Waals surface area contributed by atoms with E-state index in [4.69, 9.17) is 4.74 Å². The molecule has 1 aromatic carbocycles. The fourth-order valence-electron chi connectivity index (χ4n) is 4.99. The quantitative estimate of drug-likeness (QED) is 0.382. The molecule has 2 aliphatic heterocycles. The maximum atomic E-state index is 13.4. The number of carbonyl (C=O) groups is 3. The average Bonchev–Trinajstić information content (AvgIpc) is 3.69. The molecule has 1 atom stereocenters. The number of thiophene rings is 1. The number of aryl methyl sites for hydroxylation is 1. The van der Waals surface area contributed by atoms with Gasteiger partial charge in [0.1, 0.15) is 15.5 Å². The van der Waals surface area contributed by atoms with Crippen molar-refractivity contribution in [3.8, 4) is 5.75 Å². The zero-order valence-corrected chi connectivity index (χ0v) is 23.3. The van der Waals surface area contributed by atoms with E-state index in [1.54, 1.807) is 22.1 Å². The molecule has 9 nitrogen and oxygen atoms in total. The van der Waals surface area contributed by atoms with Gasteiger partial charge in [-0.05, 0) is 68.5 Å². The van der Waals surface area contributed by atoms with Gasteiger partial charge >= 0.3 is 6.03 Å². The van der Waals surface area contributed by atoms with Crippen LogP contribution < -0.4 is 20.3 Å². The fraction of sp³-hybridized carbons (Fsp3) is 0.379. The molecule has 2 N–H and O–H groups in total. The molecule has 10 heteroatoms. The highest BCUT2D eigenvalue weighted by Gasteiger charge is 2.34. The van der Waals surface area contributed by atoms with Gasteiger partial charge in [0.05, 0.1) is 28.6 Å². The van der Waals surface area contributed by atoms with Crippen LogP contribution in [0.15, 0.2) is 43.1 Å². The standard InChI is InChI=1S/C27H27N5O4S.C2H6/c1-3-21(33)31-12-4-5-16(14-31)29-25(34)24-23-22-20(10-11-28-26(22)37-24)32(27(35)30-23)19-9-8-18(13-15(19)2)36-17-6-7-17;1-2/h3,8-11,13,16-17H,1,4-7,12,14H2,2H3,(H,29,34)(H,30,35);1-2H3. The summed E-state index contributed by atoms with van der Waals surface area (Å²) in [5.41, 5.74) is 2.80. The van der Waals surface area contributed by atoms with Gasteiger partial charge in [0.15, 0.2) is 0 Å². The normalized spacial score (nSPS) is 18.1. The second kappa shape index (κ2) is 11.1. The number of hydrogen-bond acceptors (Lipinski definition) is 6. The van der Waals surface area contributed by atoms with E-state index in [0.717, 1.165) is 48.1 Å². The molecule has 0 radical (unpaired) electrons. The Bertz CT molecular complexity index is 1450. The van der Waals surface area contributed by atoms with Crippen LogP contribution in [0.3, 0.4) is 0 Å². The minimum Gasteiger partial charge on any atom is -0.490 e. The first-order valence-corrected chi connectivity index (χ1v) is 14.3. The summed E-state index contributed by atoms with van der Waals surface area (Å²) in [6.07, 6.45) is 6.97. The van der Waals surface area contributed by atoms with Crippen LogP contribution in [0.4, 0.5) is 21.9 Å². The van der Waals surface area contributed by atoms with Gasteiger partial charge in [0, 0.05) is 25.3 Å². The van der Waals surface area contributed by atoms with Crippen molar-refractivity contribution in [1.29, 1.82) is 0 Å². The summed E-state index contributed by atoms with van der Waals surface area (Å²) in [4.78, 5) is 47.7. The van der Waals surface area contributed by atoms with E-state index in [1.165, 1.54) is 17.4 Å². The summed E-state index contributed by atoms with van der Waals surface area (Å²) < 4.78 is 5.91. The number of piperidine rings is 1. The monoisotopic (exact) mass is 547 g/mol. The summed E-state index contributed by atoms with van der Waals surface area (Å²) in [7, 11) is 0. The van der Waals surface area contributed by atoms with Gasteiger partial charge in [-0.25, -0.2) is 9.78 Å². The van der Waals surface area contributed by atoms with Crippen LogP contribution in [0, 0.1) is 6.92 Å². The number of nitrogens with zero attached hydrogens (tertiary/aromatic N) is 3. The van der Waals surface area contributed by atoms with Crippen molar-refractivity contribution in [2.75, 3.05) is 23.3 Å². The molecule has 0 spiro atoms. The number of nitrogens with one attached hydrogen (secondary N) is 2. The molecule has 3 aromatic rings. The number of carbonyl (C=O) groups excluding carboxylic acids is 3. The average molecular weight is 548 g/mol. The smallest absolute Gasteiger partial charge is 0.331 e. The van der Waals surface area contributed by atoms with E-state index >= 15 is 0 Å². The number of benzene rings is 1. The number of rotatable bonds is 6. The van der Waals surface area contributed by atoms with Crippen LogP contribution in [0.5, 0.6) is 5.75 Å². The molecule has 4 amide bonds. The number of ether oxygens (including phenoxy) is 1. The van der Waals surface area contributed by atoms with E-state index in [2.05, 4.69) is 22.2 Å². The largest absolute Gasteiger partial charge is 0.490 e. The van der Waals surface area contributed by atoms with Crippen molar-refractivity contribution in [2.45, 2.75) is 58.6 Å². The first kappa shape index (κ1) is 26.7. The lowest BCUT2D eigenvalue weighted by molar-refractivity contribution is -0.127. The third-order valence-corrected chi connectivity index (χ3v) is 8.03. The Morgan fingerprint density at radius 1 is 1.21 bits per heavy atom. The van der Waals surface area contributed by atoms with Crippen molar-refractivity contribution in [3.05, 3.63) is 53.6 Å². The van der Waals surface area contributed by atoms with Crippen LogP contribution in [-0.2, 0) is 4.79 Å². The Hall–Kier alpha value is -3.92. The van der Waals surface area contributed by atoms with Crippen molar-refractivity contribution >= 4 is 56.5 Å². The number of likely N-dealkylation sites (tertiary alicyclic amines) is 1. The van der Waals surface area contributed by atoms with Crippen LogP contribution in [0.25, 0.3) is 10.2 Å². The molecule has 3 aliphatic rings. The van der Waals surface area contributed by atoms with Gasteiger partial charge in [0.25, 0.3) is 5.91 Å². The third-order valence-electron chi connectivity index (χ3n) is 6.93. The van der Waals surface area contributed by atoms with E-state index < -0.39 is 0 Å². The summed E-state index contributed by atoms with van der Waals surface area (Å²) in [5.74, 6) is 0.375.